The molecule has 3 atom stereocenters. The molecule has 2 amide bonds. The third kappa shape index (κ3) is 9.19. The van der Waals surface area contributed by atoms with Gasteiger partial charge in [0.05, 0.1) is 10.0 Å². The van der Waals surface area contributed by atoms with Gasteiger partial charge < -0.3 is 38.7 Å². The second-order valence-corrected chi connectivity index (χ2v) is 16.1. The number of aromatic nitrogens is 2. The summed E-state index contributed by atoms with van der Waals surface area (Å²) in [6, 6.07) is 22.9. The number of benzene rings is 4. The van der Waals surface area contributed by atoms with E-state index in [9.17, 15) is 19.5 Å². The second kappa shape index (κ2) is 17.8. The average Bonchev–Trinajstić information content (AvgIpc) is 3.61. The van der Waals surface area contributed by atoms with Crippen molar-refractivity contribution in [2.75, 3.05) is 6.61 Å². The van der Waals surface area contributed by atoms with E-state index in [4.69, 9.17) is 46.6 Å². The van der Waals surface area contributed by atoms with E-state index in [2.05, 4.69) is 15.3 Å². The van der Waals surface area contributed by atoms with Crippen molar-refractivity contribution in [1.82, 2.24) is 20.2 Å². The van der Waals surface area contributed by atoms with Gasteiger partial charge in [0, 0.05) is 43.8 Å². The summed E-state index contributed by atoms with van der Waals surface area (Å²) in [6.45, 7) is 7.58. The lowest BCUT2D eigenvalue weighted by molar-refractivity contribution is -0.142. The van der Waals surface area contributed by atoms with Gasteiger partial charge in [-0.3, -0.25) is 14.6 Å². The minimum Gasteiger partial charge on any atom is -0.489 e. The van der Waals surface area contributed by atoms with E-state index in [1.54, 1.807) is 62.5 Å². The van der Waals surface area contributed by atoms with Crippen molar-refractivity contribution in [2.45, 2.75) is 71.9 Å². The van der Waals surface area contributed by atoms with E-state index >= 15 is 0 Å². The number of aryl methyl sites for hydroxylation is 3. The molecule has 0 spiro atoms. The Bertz CT molecular complexity index is 2690. The van der Waals surface area contributed by atoms with E-state index in [0.717, 1.165) is 33.5 Å². The number of rotatable bonds is 12. The number of oxazole rings is 1. The molecule has 318 valence electrons. The molecule has 2 aliphatic heterocycles. The molecule has 15 heteroatoms. The molecule has 0 unspecified atom stereocenters. The first kappa shape index (κ1) is 42.1. The number of nitrogens with one attached hydrogen (secondary N) is 1. The van der Waals surface area contributed by atoms with Crippen LogP contribution in [0.1, 0.15) is 67.3 Å². The Morgan fingerprint density at radius 3 is 2.42 bits per heavy atom. The predicted molar refractivity (Wildman–Crippen MR) is 229 cm³/mol. The van der Waals surface area contributed by atoms with Crippen molar-refractivity contribution in [3.63, 3.8) is 0 Å². The zero-order valence-corrected chi connectivity index (χ0v) is 35.8. The van der Waals surface area contributed by atoms with Gasteiger partial charge in [0.25, 0.3) is 5.91 Å². The number of aliphatic carboxylic acids is 1. The standard InChI is InChI=1S/C47H42Cl2N4O9/c1-25-26(2)50-15-14-40(25)61-34-11-8-29(9-12-34)17-38(47(56)57)52-45(54)39-19-32-20-41-42(21-33(32)22-53(39)46(55)44-27(3)60-28(4)51-44)62-43(24-59-41)31-6-5-7-35(18-31)58-23-30-10-13-36(48)37(49)16-30/h5-16,18,20-21,38-39,43H,17,19,22-24H2,1-4H3,(H,52,54)(H,56,57)/t38-,39-,43+/m0/s1. The lowest BCUT2D eigenvalue weighted by atomic mass is 9.91. The zero-order valence-electron chi connectivity index (χ0n) is 34.2. The van der Waals surface area contributed by atoms with Gasteiger partial charge in [-0.15, -0.1) is 0 Å². The average molecular weight is 878 g/mol. The molecule has 2 aliphatic rings. The Labute approximate surface area is 367 Å². The van der Waals surface area contributed by atoms with E-state index in [0.29, 0.717) is 56.0 Å². The van der Waals surface area contributed by atoms with E-state index in [1.165, 1.54) is 4.90 Å². The van der Waals surface area contributed by atoms with E-state index < -0.39 is 36.0 Å². The van der Waals surface area contributed by atoms with Crippen molar-refractivity contribution in [3.05, 3.63) is 158 Å². The van der Waals surface area contributed by atoms with Gasteiger partial charge in [-0.2, -0.15) is 0 Å². The monoisotopic (exact) mass is 876 g/mol. The summed E-state index contributed by atoms with van der Waals surface area (Å²) in [7, 11) is 0. The third-order valence-electron chi connectivity index (χ3n) is 11.0. The molecule has 2 N–H and O–H groups in total. The number of carbonyl (C=O) groups is 3. The van der Waals surface area contributed by atoms with Crippen molar-refractivity contribution >= 4 is 41.0 Å². The lowest BCUT2D eigenvalue weighted by Gasteiger charge is -2.37. The smallest absolute Gasteiger partial charge is 0.326 e. The van der Waals surface area contributed by atoms with Gasteiger partial charge in [0.2, 0.25) is 5.91 Å². The maximum Gasteiger partial charge on any atom is 0.326 e. The van der Waals surface area contributed by atoms with E-state index in [-0.39, 0.29) is 38.3 Å². The van der Waals surface area contributed by atoms with Gasteiger partial charge in [0.15, 0.2) is 29.2 Å². The molecule has 0 aliphatic carbocycles. The summed E-state index contributed by atoms with van der Waals surface area (Å²) < 4.78 is 30.4. The number of pyridine rings is 1. The molecule has 6 aromatic rings. The van der Waals surface area contributed by atoms with Gasteiger partial charge in [-0.1, -0.05) is 53.5 Å². The normalized spacial score (nSPS) is 15.9. The Morgan fingerprint density at radius 2 is 1.68 bits per heavy atom. The first-order chi connectivity index (χ1) is 29.8. The van der Waals surface area contributed by atoms with Crippen LogP contribution in [0.2, 0.25) is 10.0 Å². The lowest BCUT2D eigenvalue weighted by Crippen LogP contribution is -2.56. The molecule has 4 aromatic carbocycles. The highest BCUT2D eigenvalue weighted by Gasteiger charge is 2.39. The first-order valence-corrected chi connectivity index (χ1v) is 20.6. The van der Waals surface area contributed by atoms with Crippen LogP contribution in [-0.4, -0.2) is 56.4 Å². The molecule has 0 radical (unpaired) electrons. The summed E-state index contributed by atoms with van der Waals surface area (Å²) in [5.74, 6) is 1.03. The summed E-state index contributed by atoms with van der Waals surface area (Å²) in [5, 5.41) is 13.9. The van der Waals surface area contributed by atoms with Crippen LogP contribution in [0.15, 0.2) is 95.5 Å². The molecule has 0 fully saturated rings. The van der Waals surface area contributed by atoms with E-state index in [1.807, 2.05) is 56.3 Å². The first-order valence-electron chi connectivity index (χ1n) is 19.9. The summed E-state index contributed by atoms with van der Waals surface area (Å²) >= 11 is 12.2. The van der Waals surface area contributed by atoms with Gasteiger partial charge >= 0.3 is 5.97 Å². The molecular weight excluding hydrogens is 835 g/mol. The van der Waals surface area contributed by atoms with Crippen LogP contribution in [0.4, 0.5) is 0 Å². The molecule has 0 saturated heterocycles. The van der Waals surface area contributed by atoms with Crippen molar-refractivity contribution in [2.24, 2.45) is 0 Å². The van der Waals surface area contributed by atoms with Crippen LogP contribution in [-0.2, 0) is 35.6 Å². The number of carbonyl (C=O) groups excluding carboxylic acids is 2. The largest absolute Gasteiger partial charge is 0.489 e. The summed E-state index contributed by atoms with van der Waals surface area (Å²) in [5.41, 5.74) is 5.67. The summed E-state index contributed by atoms with van der Waals surface area (Å²) in [4.78, 5) is 51.0. The molecule has 4 heterocycles. The maximum atomic E-state index is 14.2. The molecule has 62 heavy (non-hydrogen) atoms. The molecule has 0 saturated carbocycles. The number of hydrogen-bond acceptors (Lipinski definition) is 10. The Kier molecular flexibility index (Phi) is 12.1. The number of carboxylic acids is 1. The van der Waals surface area contributed by atoms with Crippen LogP contribution in [0.5, 0.6) is 28.7 Å². The predicted octanol–water partition coefficient (Wildman–Crippen LogP) is 8.87. The number of ether oxygens (including phenoxy) is 4. The second-order valence-electron chi connectivity index (χ2n) is 15.3. The fourth-order valence-electron chi connectivity index (χ4n) is 7.48. The molecular formula is C47H42Cl2N4O9. The Hall–Kier alpha value is -6.57. The summed E-state index contributed by atoms with van der Waals surface area (Å²) in [6.07, 6.45) is 1.26. The SMILES string of the molecule is Cc1nc(C(=O)N2Cc3cc4c(cc3C[C@H]2C(=O)N[C@@H](Cc2ccc(Oc3ccnc(C)c3C)cc2)C(=O)O)OC[C@H](c2cccc(OCc3ccc(Cl)c(Cl)c3)c2)O4)c(C)o1. The number of hydrogen-bond donors (Lipinski definition) is 2. The molecule has 13 nitrogen and oxygen atoms in total. The molecule has 2 aromatic heterocycles. The highest BCUT2D eigenvalue weighted by Crippen LogP contribution is 2.41. The van der Waals surface area contributed by atoms with Gasteiger partial charge in [-0.25, -0.2) is 9.78 Å². The highest BCUT2D eigenvalue weighted by atomic mass is 35.5. The highest BCUT2D eigenvalue weighted by molar-refractivity contribution is 6.42. The fraction of sp³-hybridized carbons (Fsp3) is 0.255. The topological polar surface area (TPSA) is 163 Å². The van der Waals surface area contributed by atoms with Gasteiger partial charge in [0.1, 0.15) is 48.3 Å². The Morgan fingerprint density at radius 1 is 0.903 bits per heavy atom. The molecule has 0 bridgehead atoms. The van der Waals surface area contributed by atoms with Crippen molar-refractivity contribution < 1.29 is 42.9 Å². The fourth-order valence-corrected chi connectivity index (χ4v) is 7.80. The minimum absolute atomic E-state index is 0.00657. The van der Waals surface area contributed by atoms with Crippen LogP contribution < -0.4 is 24.3 Å². The number of amides is 2. The number of nitrogens with zero attached hydrogens (tertiary/aromatic N) is 3. The van der Waals surface area contributed by atoms with Crippen LogP contribution >= 0.6 is 23.2 Å². The molecule has 8 rings (SSSR count). The van der Waals surface area contributed by atoms with Gasteiger partial charge in [-0.05, 0) is 103 Å². The third-order valence-corrected chi connectivity index (χ3v) is 11.7. The van der Waals surface area contributed by atoms with Crippen LogP contribution in [0.25, 0.3) is 0 Å². The number of halogens is 2. The Balaban J connectivity index is 0.994. The quantitative estimate of drug-likeness (QED) is 0.121. The number of fused-ring (bicyclic) bond motifs is 2. The zero-order chi connectivity index (χ0) is 43.7. The minimum atomic E-state index is -1.30. The van der Waals surface area contributed by atoms with Crippen LogP contribution in [0.3, 0.4) is 0 Å². The van der Waals surface area contributed by atoms with Crippen molar-refractivity contribution in [3.8, 4) is 28.7 Å². The van der Waals surface area contributed by atoms with Crippen molar-refractivity contribution in [1.29, 1.82) is 0 Å². The number of carboxylic acid groups (broad SMARTS) is 1. The van der Waals surface area contributed by atoms with Crippen LogP contribution in [0, 0.1) is 27.7 Å². The maximum absolute atomic E-state index is 14.2.